The molecule has 3 aromatic rings. The number of ether oxygens (including phenoxy) is 1. The molecular weight excluding hydrogens is 703 g/mol. The van der Waals surface area contributed by atoms with Crippen LogP contribution in [0.5, 0.6) is 17.2 Å². The highest BCUT2D eigenvalue weighted by Crippen LogP contribution is 2.57. The van der Waals surface area contributed by atoms with Gasteiger partial charge in [0.1, 0.15) is 5.75 Å². The average Bonchev–Trinajstić information content (AvgIpc) is 3.76. The lowest BCUT2D eigenvalue weighted by atomic mass is 9.66. The summed E-state index contributed by atoms with van der Waals surface area (Å²) in [5.41, 5.74) is 17.6. The zero-order valence-corrected chi connectivity index (χ0v) is 32.0. The lowest BCUT2D eigenvalue weighted by Gasteiger charge is -2.39. The van der Waals surface area contributed by atoms with Gasteiger partial charge in [0.05, 0.1) is 31.0 Å². The first-order valence-corrected chi connectivity index (χ1v) is 20.0. The molecule has 292 valence electrons. The van der Waals surface area contributed by atoms with Crippen molar-refractivity contribution in [2.45, 2.75) is 95.7 Å². The monoisotopic (exact) mass is 754 g/mol. The molecule has 3 aliphatic carbocycles. The summed E-state index contributed by atoms with van der Waals surface area (Å²) in [6.07, 6.45) is 14.1. The summed E-state index contributed by atoms with van der Waals surface area (Å²) in [5.74, 6) is 7.11. The first kappa shape index (κ1) is 39.1. The van der Waals surface area contributed by atoms with Gasteiger partial charge in [-0.2, -0.15) is 0 Å². The maximum atomic E-state index is 13.7. The van der Waals surface area contributed by atoms with Gasteiger partial charge in [0, 0.05) is 36.1 Å². The number of allylic oxidation sites excluding steroid dienone is 5. The summed E-state index contributed by atoms with van der Waals surface area (Å²) >= 11 is 0. The maximum absolute atomic E-state index is 13.7. The van der Waals surface area contributed by atoms with Crippen LogP contribution in [-0.4, -0.2) is 39.5 Å². The molecule has 7 N–H and O–H groups in total. The molecule has 5 atom stereocenters. The van der Waals surface area contributed by atoms with Gasteiger partial charge in [-0.3, -0.25) is 9.79 Å². The Morgan fingerprint density at radius 2 is 1.84 bits per heavy atom. The van der Waals surface area contributed by atoms with E-state index in [1.807, 2.05) is 36.4 Å². The molecule has 9 heteroatoms. The number of aliphatic hydroxyl groups is 1. The van der Waals surface area contributed by atoms with Crippen LogP contribution in [0.4, 0.5) is 0 Å². The second-order valence-corrected chi connectivity index (χ2v) is 16.0. The SMILES string of the molecule is CCCC1CCC2CC1(C=CC(=O)CCc1ccc(O)c(OCCc3ccc(O)c(C4CC([O-])=C5C=CN=C5CC#Cc5cc(C(N)N)ccc54)c3)c1)CC2O. The number of carbonyl (C=O) groups excluding carboxylic acids is 1. The van der Waals surface area contributed by atoms with Crippen LogP contribution in [0.15, 0.2) is 95.3 Å². The zero-order chi connectivity index (χ0) is 39.4. The number of carbonyl (C=O) groups is 1. The number of rotatable bonds is 13. The van der Waals surface area contributed by atoms with E-state index in [2.05, 4.69) is 29.8 Å². The Balaban J connectivity index is 1.03. The fraction of sp³-hybridized carbons (Fsp3) is 0.404. The first-order valence-electron chi connectivity index (χ1n) is 20.0. The number of aliphatic imine (C=N–C) groups is 1. The number of phenolic OH excluding ortho intramolecular Hbond substituents is 2. The van der Waals surface area contributed by atoms with Crippen LogP contribution in [0, 0.1) is 29.1 Å². The predicted octanol–water partition coefficient (Wildman–Crippen LogP) is 6.52. The van der Waals surface area contributed by atoms with E-state index in [9.17, 15) is 25.2 Å². The van der Waals surface area contributed by atoms with Crippen molar-refractivity contribution in [2.24, 2.45) is 33.7 Å². The van der Waals surface area contributed by atoms with Gasteiger partial charge in [0.15, 0.2) is 17.3 Å². The van der Waals surface area contributed by atoms with Crippen molar-refractivity contribution in [3.63, 3.8) is 0 Å². The van der Waals surface area contributed by atoms with Crippen LogP contribution < -0.4 is 21.3 Å². The first-order chi connectivity index (χ1) is 27.0. The quantitative estimate of drug-likeness (QED) is 0.0745. The Kier molecular flexibility index (Phi) is 11.8. The Labute approximate surface area is 329 Å². The summed E-state index contributed by atoms with van der Waals surface area (Å²) in [5, 5.41) is 46.2. The van der Waals surface area contributed by atoms with Crippen molar-refractivity contribution in [2.75, 3.05) is 6.61 Å². The number of benzene rings is 3. The molecule has 2 bridgehead atoms. The second-order valence-electron chi connectivity index (χ2n) is 16.0. The van der Waals surface area contributed by atoms with Crippen molar-refractivity contribution in [1.82, 2.24) is 0 Å². The minimum atomic E-state index is -0.696. The van der Waals surface area contributed by atoms with Crippen molar-refractivity contribution in [1.29, 1.82) is 0 Å². The predicted molar refractivity (Wildman–Crippen MR) is 216 cm³/mol. The third-order valence-corrected chi connectivity index (χ3v) is 12.3. The van der Waals surface area contributed by atoms with E-state index >= 15 is 0 Å². The summed E-state index contributed by atoms with van der Waals surface area (Å²) in [7, 11) is 0. The molecule has 0 saturated heterocycles. The van der Waals surface area contributed by atoms with Crippen molar-refractivity contribution in [3.8, 4) is 29.1 Å². The Bertz CT molecular complexity index is 2150. The van der Waals surface area contributed by atoms with Crippen LogP contribution in [0.1, 0.15) is 110 Å². The standard InChI is InChI=1S/C47H53N3O6/c1-2-4-34-12-10-33-27-47(34,28-44(33)55)20-17-35(51)13-7-29-9-16-42(53)45(24-29)56-22-19-30-8-15-41(52)39(23-30)38-26-43(54)37-18-21-50-40(37)6-3-5-31-25-32(46(48)49)11-14-36(31)38/h8-9,11,14-18,20-21,23-25,33-34,38,44,46,52-55H,2,4,6-7,10,12-13,19,22,26-28,48-49H2,1H3/p-1. The number of phenols is 2. The number of aromatic hydroxyl groups is 2. The Morgan fingerprint density at radius 1 is 1.04 bits per heavy atom. The summed E-state index contributed by atoms with van der Waals surface area (Å²) in [6.45, 7) is 2.44. The van der Waals surface area contributed by atoms with E-state index in [0.29, 0.717) is 71.2 Å². The van der Waals surface area contributed by atoms with Gasteiger partial charge < -0.3 is 36.6 Å². The van der Waals surface area contributed by atoms with Crippen LogP contribution in [0.25, 0.3) is 0 Å². The molecule has 2 saturated carbocycles. The number of nitrogens with zero attached hydrogens (tertiary/aromatic N) is 1. The normalized spacial score (nSPS) is 24.1. The molecular formula is C47H52N3O6-. The highest BCUT2D eigenvalue weighted by Gasteiger charge is 2.50. The van der Waals surface area contributed by atoms with Crippen LogP contribution in [0.3, 0.4) is 0 Å². The smallest absolute Gasteiger partial charge is 0.161 e. The van der Waals surface area contributed by atoms with Crippen LogP contribution in [-0.2, 0) is 17.6 Å². The number of hydrogen-bond donors (Lipinski definition) is 5. The van der Waals surface area contributed by atoms with E-state index in [4.69, 9.17) is 16.2 Å². The highest BCUT2D eigenvalue weighted by atomic mass is 16.5. The minimum absolute atomic E-state index is 0.00903. The number of fused-ring (bicyclic) bond motifs is 4. The Hall–Kier alpha value is -5.14. The number of nitrogens with two attached hydrogens (primary N) is 2. The number of aliphatic hydroxyl groups excluding tert-OH is 1. The molecule has 4 aliphatic rings. The van der Waals surface area contributed by atoms with Crippen molar-refractivity contribution < 1.29 is 30.0 Å². The lowest BCUT2D eigenvalue weighted by Crippen LogP contribution is -2.29. The lowest BCUT2D eigenvalue weighted by molar-refractivity contribution is -0.307. The molecule has 9 nitrogen and oxygen atoms in total. The summed E-state index contributed by atoms with van der Waals surface area (Å²) in [4.78, 5) is 17.4. The largest absolute Gasteiger partial charge is 0.875 e. The van der Waals surface area contributed by atoms with Crippen molar-refractivity contribution in [3.05, 3.63) is 124 Å². The molecule has 0 spiro atoms. The summed E-state index contributed by atoms with van der Waals surface area (Å²) < 4.78 is 6.08. The topological polar surface area (TPSA) is 174 Å². The van der Waals surface area contributed by atoms with Gasteiger partial charge in [0.2, 0.25) is 0 Å². The van der Waals surface area contributed by atoms with E-state index in [1.54, 1.807) is 36.6 Å². The molecule has 1 aliphatic heterocycles. The molecule has 1 heterocycles. The third-order valence-electron chi connectivity index (χ3n) is 12.3. The van der Waals surface area contributed by atoms with Gasteiger partial charge in [-0.1, -0.05) is 61.6 Å². The van der Waals surface area contributed by atoms with E-state index in [0.717, 1.165) is 55.2 Å². The molecule has 0 radical (unpaired) electrons. The van der Waals surface area contributed by atoms with Crippen LogP contribution in [0.2, 0.25) is 0 Å². The van der Waals surface area contributed by atoms with Crippen molar-refractivity contribution >= 4 is 11.5 Å². The minimum Gasteiger partial charge on any atom is -0.875 e. The molecule has 56 heavy (non-hydrogen) atoms. The van der Waals surface area contributed by atoms with Gasteiger partial charge in [-0.25, -0.2) is 0 Å². The van der Waals surface area contributed by atoms with E-state index < -0.39 is 12.1 Å². The number of hydrogen-bond acceptors (Lipinski definition) is 9. The maximum Gasteiger partial charge on any atom is 0.161 e. The van der Waals surface area contributed by atoms with E-state index in [-0.39, 0.29) is 47.6 Å². The number of ketones is 1. The number of aryl methyl sites for hydroxylation is 1. The molecule has 5 unspecified atom stereocenters. The van der Waals surface area contributed by atoms with Gasteiger partial charge in [-0.05, 0) is 126 Å². The van der Waals surface area contributed by atoms with Gasteiger partial charge in [0.25, 0.3) is 0 Å². The molecule has 0 aromatic heterocycles. The fourth-order valence-corrected chi connectivity index (χ4v) is 9.26. The summed E-state index contributed by atoms with van der Waals surface area (Å²) in [6, 6.07) is 16.1. The van der Waals surface area contributed by atoms with Crippen LogP contribution >= 0.6 is 0 Å². The van der Waals surface area contributed by atoms with Gasteiger partial charge >= 0.3 is 0 Å². The average molecular weight is 755 g/mol. The van der Waals surface area contributed by atoms with Gasteiger partial charge in [-0.15, -0.1) is 5.76 Å². The highest BCUT2D eigenvalue weighted by molar-refractivity contribution is 6.06. The molecule has 2 fully saturated rings. The molecule has 0 amide bonds. The second kappa shape index (κ2) is 16.9. The zero-order valence-electron chi connectivity index (χ0n) is 32.0. The Morgan fingerprint density at radius 3 is 2.64 bits per heavy atom. The van der Waals surface area contributed by atoms with E-state index in [1.165, 1.54) is 0 Å². The molecule has 3 aromatic carbocycles. The third kappa shape index (κ3) is 8.48. The fourth-order valence-electron chi connectivity index (χ4n) is 9.26. The molecule has 7 rings (SSSR count).